The van der Waals surface area contributed by atoms with Gasteiger partial charge in [-0.15, -0.1) is 0 Å². The van der Waals surface area contributed by atoms with E-state index in [2.05, 4.69) is 24.4 Å². The van der Waals surface area contributed by atoms with E-state index in [0.717, 1.165) is 6.04 Å². The molecule has 1 N–H and O–H groups in total. The average Bonchev–Trinajstić information content (AvgIpc) is 2.00. The van der Waals surface area contributed by atoms with Crippen molar-refractivity contribution in [2.45, 2.75) is 39.0 Å². The van der Waals surface area contributed by atoms with Crippen LogP contribution >= 0.6 is 0 Å². The molecular formula is C9H23NO3SSi. The summed E-state index contributed by atoms with van der Waals surface area (Å²) in [5.74, 6) is 0.171. The van der Waals surface area contributed by atoms with Gasteiger partial charge in [-0.25, -0.2) is 8.42 Å². The van der Waals surface area contributed by atoms with Gasteiger partial charge in [0.05, 0.1) is 5.75 Å². The Balaban J connectivity index is 3.55. The number of sulfonamides is 1. The molecule has 0 rings (SSSR count). The fourth-order valence-corrected chi connectivity index (χ4v) is 2.62. The third-order valence-electron chi connectivity index (χ3n) is 1.85. The topological polar surface area (TPSA) is 55.4 Å². The van der Waals surface area contributed by atoms with Crippen LogP contribution in [-0.2, 0) is 14.8 Å². The van der Waals surface area contributed by atoms with Gasteiger partial charge in [-0.2, -0.15) is 4.72 Å². The molecule has 0 atom stereocenters. The Bertz CT molecular complexity index is 259. The molecule has 0 aromatic rings. The fourth-order valence-electron chi connectivity index (χ4n) is 0.923. The van der Waals surface area contributed by atoms with Gasteiger partial charge in [0.25, 0.3) is 0 Å². The highest BCUT2D eigenvalue weighted by atomic mass is 32.2. The molecule has 0 aliphatic carbocycles. The molecule has 0 aromatic heterocycles. The van der Waals surface area contributed by atoms with Crippen molar-refractivity contribution < 1.29 is 13.2 Å². The molecule has 0 saturated carbocycles. The Morgan fingerprint density at radius 3 is 2.33 bits per heavy atom. The van der Waals surface area contributed by atoms with E-state index in [1.54, 1.807) is 0 Å². The van der Waals surface area contributed by atoms with Gasteiger partial charge in [0.2, 0.25) is 10.0 Å². The lowest BCUT2D eigenvalue weighted by Gasteiger charge is -2.15. The maximum absolute atomic E-state index is 11.2. The molecule has 0 aliphatic rings. The largest absolute Gasteiger partial charge is 0.366 e. The molecular weight excluding hydrogens is 230 g/mol. The van der Waals surface area contributed by atoms with Crippen LogP contribution in [0.3, 0.4) is 0 Å². The van der Waals surface area contributed by atoms with Gasteiger partial charge in [0.15, 0.2) is 0 Å². The van der Waals surface area contributed by atoms with Crippen LogP contribution < -0.4 is 4.72 Å². The van der Waals surface area contributed by atoms with Crippen molar-refractivity contribution >= 4 is 18.1 Å². The van der Waals surface area contributed by atoms with E-state index in [4.69, 9.17) is 4.74 Å². The van der Waals surface area contributed by atoms with Crippen molar-refractivity contribution in [2.24, 2.45) is 0 Å². The summed E-state index contributed by atoms with van der Waals surface area (Å²) in [6.45, 7) is 9.37. The molecule has 15 heavy (non-hydrogen) atoms. The summed E-state index contributed by atoms with van der Waals surface area (Å²) in [6.07, 6.45) is 0.629. The van der Waals surface area contributed by atoms with Gasteiger partial charge in [0, 0.05) is 14.7 Å². The Morgan fingerprint density at radius 1 is 1.27 bits per heavy atom. The summed E-state index contributed by atoms with van der Waals surface area (Å²) < 4.78 is 30.1. The van der Waals surface area contributed by atoms with Gasteiger partial charge in [-0.1, -0.05) is 26.6 Å². The number of hydrogen-bond donors (Lipinski definition) is 1. The minimum Gasteiger partial charge on any atom is -0.366 e. The molecule has 92 valence electrons. The first-order valence-electron chi connectivity index (χ1n) is 5.32. The first-order valence-corrected chi connectivity index (χ1v) is 10.7. The quantitative estimate of drug-likeness (QED) is 0.406. The number of ether oxygens (including phenoxy) is 1. The van der Waals surface area contributed by atoms with Crippen LogP contribution in [0.1, 0.15) is 13.3 Å². The van der Waals surface area contributed by atoms with Crippen LogP contribution in [0.25, 0.3) is 0 Å². The lowest BCUT2D eigenvalue weighted by Crippen LogP contribution is -2.30. The van der Waals surface area contributed by atoms with Crippen LogP contribution in [0, 0.1) is 0 Å². The second-order valence-electron chi connectivity index (χ2n) is 4.83. The summed E-state index contributed by atoms with van der Waals surface area (Å²) in [7, 11) is -4.18. The highest BCUT2D eigenvalue weighted by Gasteiger charge is 2.12. The predicted octanol–water partition coefficient (Wildman–Crippen LogP) is 1.63. The standard InChI is InChI=1S/C9H23NO3SSi/c1-5-7-14(11,12)10-9-13-6-8-15(2,3)4/h10H,5-9H2,1-4H3. The van der Waals surface area contributed by atoms with E-state index in [1.165, 1.54) is 0 Å². The molecule has 0 amide bonds. The van der Waals surface area contributed by atoms with Crippen molar-refractivity contribution in [3.63, 3.8) is 0 Å². The third kappa shape index (κ3) is 10.4. The molecule has 0 spiro atoms. The molecule has 0 aliphatic heterocycles. The molecule has 0 fully saturated rings. The molecule has 0 radical (unpaired) electrons. The van der Waals surface area contributed by atoms with E-state index in [1.807, 2.05) is 6.92 Å². The zero-order valence-corrected chi connectivity index (χ0v) is 12.0. The minimum atomic E-state index is -3.11. The fraction of sp³-hybridized carbons (Fsp3) is 1.00. The van der Waals surface area contributed by atoms with Gasteiger partial charge in [-0.3, -0.25) is 0 Å². The Hall–Kier alpha value is 0.0869. The molecule has 0 saturated heterocycles. The monoisotopic (exact) mass is 253 g/mol. The maximum atomic E-state index is 11.2. The molecule has 4 nitrogen and oxygen atoms in total. The summed E-state index contributed by atoms with van der Waals surface area (Å²) in [5.41, 5.74) is 0. The van der Waals surface area contributed by atoms with Gasteiger partial charge in [0.1, 0.15) is 6.73 Å². The van der Waals surface area contributed by atoms with Crippen molar-refractivity contribution in [1.29, 1.82) is 0 Å². The summed E-state index contributed by atoms with van der Waals surface area (Å²) >= 11 is 0. The summed E-state index contributed by atoms with van der Waals surface area (Å²) in [6, 6.07) is 1.06. The van der Waals surface area contributed by atoms with Crippen LogP contribution in [0.2, 0.25) is 25.7 Å². The van der Waals surface area contributed by atoms with Gasteiger partial charge in [-0.05, 0) is 12.5 Å². The zero-order chi connectivity index (χ0) is 11.9. The molecule has 0 bridgehead atoms. The molecule has 0 aromatic carbocycles. The van der Waals surface area contributed by atoms with Crippen molar-refractivity contribution in [3.05, 3.63) is 0 Å². The van der Waals surface area contributed by atoms with Crippen LogP contribution in [0.15, 0.2) is 0 Å². The number of hydrogen-bond acceptors (Lipinski definition) is 3. The van der Waals surface area contributed by atoms with Gasteiger partial charge < -0.3 is 4.74 Å². The van der Waals surface area contributed by atoms with Gasteiger partial charge >= 0.3 is 0 Å². The van der Waals surface area contributed by atoms with Crippen molar-refractivity contribution in [1.82, 2.24) is 4.72 Å². The van der Waals surface area contributed by atoms with E-state index in [-0.39, 0.29) is 12.5 Å². The Labute approximate surface area is 94.5 Å². The van der Waals surface area contributed by atoms with Crippen molar-refractivity contribution in [3.8, 4) is 0 Å². The van der Waals surface area contributed by atoms with Crippen LogP contribution in [0.5, 0.6) is 0 Å². The Kier molecular flexibility index (Phi) is 6.66. The van der Waals surface area contributed by atoms with E-state index in [9.17, 15) is 8.42 Å². The van der Waals surface area contributed by atoms with E-state index in [0.29, 0.717) is 13.0 Å². The third-order valence-corrected chi connectivity index (χ3v) is 5.06. The van der Waals surface area contributed by atoms with Crippen molar-refractivity contribution in [2.75, 3.05) is 19.1 Å². The predicted molar refractivity (Wildman–Crippen MR) is 66.2 cm³/mol. The number of nitrogens with one attached hydrogen (secondary N) is 1. The van der Waals surface area contributed by atoms with E-state index >= 15 is 0 Å². The van der Waals surface area contributed by atoms with Crippen LogP contribution in [-0.4, -0.2) is 35.6 Å². The average molecular weight is 253 g/mol. The summed E-state index contributed by atoms with van der Waals surface area (Å²) in [5, 5.41) is 0. The maximum Gasteiger partial charge on any atom is 0.213 e. The lowest BCUT2D eigenvalue weighted by atomic mass is 10.6. The second kappa shape index (κ2) is 6.62. The molecule has 0 unspecified atom stereocenters. The Morgan fingerprint density at radius 2 is 1.87 bits per heavy atom. The molecule has 0 heterocycles. The first-order chi connectivity index (χ1) is 6.77. The smallest absolute Gasteiger partial charge is 0.213 e. The van der Waals surface area contributed by atoms with E-state index < -0.39 is 18.1 Å². The second-order valence-corrected chi connectivity index (χ2v) is 12.4. The minimum absolute atomic E-state index is 0.104. The zero-order valence-electron chi connectivity index (χ0n) is 10.2. The number of rotatable bonds is 8. The highest BCUT2D eigenvalue weighted by molar-refractivity contribution is 7.89. The SMILES string of the molecule is CCCS(=O)(=O)NCOCC[Si](C)(C)C. The first kappa shape index (κ1) is 15.1. The van der Waals surface area contributed by atoms with Crippen LogP contribution in [0.4, 0.5) is 0 Å². The lowest BCUT2D eigenvalue weighted by molar-refractivity contribution is 0.143. The highest BCUT2D eigenvalue weighted by Crippen LogP contribution is 2.07. The normalized spacial score (nSPS) is 13.1. The molecule has 6 heteroatoms. The summed E-state index contributed by atoms with van der Waals surface area (Å²) in [4.78, 5) is 0.